The zero-order valence-corrected chi connectivity index (χ0v) is 21.7. The number of hydrogen-bond donors (Lipinski definition) is 1. The monoisotopic (exact) mass is 546 g/mol. The van der Waals surface area contributed by atoms with Gasteiger partial charge in [0.25, 0.3) is 5.91 Å². The molecule has 1 N–H and O–H groups in total. The van der Waals surface area contributed by atoms with E-state index in [4.69, 9.17) is 27.4 Å². The number of anilines is 1. The standard InChI is InChI=1S/C26H24Cl2N2O5S/c1-17(31)29-21-9-11-22(12-10-21)36(33,34)35-25-13-8-20(27)14-19(25)16-30(15-18-6-7-18)26(32)23-4-2-3-5-24(23)28/h2-5,8-14,18H,6-7,15-16H2,1H3,(H,29,31). The molecule has 7 nitrogen and oxygen atoms in total. The van der Waals surface area contributed by atoms with Crippen LogP contribution in [0, 0.1) is 5.92 Å². The third-order valence-electron chi connectivity index (χ3n) is 5.61. The number of amides is 2. The molecule has 1 aliphatic carbocycles. The molecule has 0 aromatic heterocycles. The van der Waals surface area contributed by atoms with E-state index in [2.05, 4.69) is 5.32 Å². The fourth-order valence-corrected chi connectivity index (χ4v) is 5.05. The van der Waals surface area contributed by atoms with E-state index >= 15 is 0 Å². The summed E-state index contributed by atoms with van der Waals surface area (Å²) in [5.41, 5.74) is 1.28. The van der Waals surface area contributed by atoms with Gasteiger partial charge < -0.3 is 14.4 Å². The highest BCUT2D eigenvalue weighted by molar-refractivity contribution is 7.87. The average molecular weight is 547 g/mol. The second-order valence-corrected chi connectivity index (χ2v) is 11.0. The molecule has 0 heterocycles. The summed E-state index contributed by atoms with van der Waals surface area (Å²) in [4.78, 5) is 26.1. The van der Waals surface area contributed by atoms with Crippen molar-refractivity contribution in [2.24, 2.45) is 5.92 Å². The summed E-state index contributed by atoms with van der Waals surface area (Å²) in [5, 5.41) is 3.31. The van der Waals surface area contributed by atoms with Gasteiger partial charge in [0.2, 0.25) is 5.91 Å². The first kappa shape index (κ1) is 26.0. The van der Waals surface area contributed by atoms with E-state index in [0.29, 0.717) is 39.3 Å². The summed E-state index contributed by atoms with van der Waals surface area (Å²) >= 11 is 12.5. The molecule has 0 radical (unpaired) electrons. The Morgan fingerprint density at radius 3 is 2.36 bits per heavy atom. The van der Waals surface area contributed by atoms with Crippen LogP contribution in [0.4, 0.5) is 5.69 Å². The van der Waals surface area contributed by atoms with Crippen LogP contribution in [0.3, 0.4) is 0 Å². The van der Waals surface area contributed by atoms with Crippen molar-refractivity contribution < 1.29 is 22.2 Å². The second-order valence-electron chi connectivity index (χ2n) is 8.60. The molecule has 10 heteroatoms. The maximum atomic E-state index is 13.4. The zero-order chi connectivity index (χ0) is 25.9. The van der Waals surface area contributed by atoms with Gasteiger partial charge in [0.15, 0.2) is 0 Å². The van der Waals surface area contributed by atoms with Crippen LogP contribution in [-0.2, 0) is 21.5 Å². The van der Waals surface area contributed by atoms with E-state index in [9.17, 15) is 18.0 Å². The summed E-state index contributed by atoms with van der Waals surface area (Å²) in [6, 6.07) is 17.0. The van der Waals surface area contributed by atoms with Gasteiger partial charge in [-0.1, -0.05) is 35.3 Å². The summed E-state index contributed by atoms with van der Waals surface area (Å²) in [7, 11) is -4.20. The lowest BCUT2D eigenvalue weighted by atomic mass is 10.1. The minimum absolute atomic E-state index is 0.0677. The van der Waals surface area contributed by atoms with Crippen molar-refractivity contribution in [3.63, 3.8) is 0 Å². The van der Waals surface area contributed by atoms with Crippen molar-refractivity contribution >= 4 is 50.8 Å². The molecule has 188 valence electrons. The first-order valence-electron chi connectivity index (χ1n) is 11.3. The lowest BCUT2D eigenvalue weighted by molar-refractivity contribution is -0.114. The van der Waals surface area contributed by atoms with Crippen molar-refractivity contribution in [3.05, 3.63) is 87.9 Å². The normalized spacial score (nSPS) is 13.2. The predicted molar refractivity (Wildman–Crippen MR) is 139 cm³/mol. The fraction of sp³-hybridized carbons (Fsp3) is 0.231. The SMILES string of the molecule is CC(=O)Nc1ccc(S(=O)(=O)Oc2ccc(Cl)cc2CN(CC2CC2)C(=O)c2ccccc2Cl)cc1. The smallest absolute Gasteiger partial charge is 0.339 e. The van der Waals surface area contributed by atoms with Crippen molar-refractivity contribution in [3.8, 4) is 5.75 Å². The lowest BCUT2D eigenvalue weighted by Gasteiger charge is -2.24. The van der Waals surface area contributed by atoms with Crippen LogP contribution >= 0.6 is 23.2 Å². The van der Waals surface area contributed by atoms with Gasteiger partial charge in [0, 0.05) is 36.3 Å². The molecular formula is C26H24Cl2N2O5S. The Bertz CT molecular complexity index is 1390. The van der Waals surface area contributed by atoms with Gasteiger partial charge in [0.1, 0.15) is 10.6 Å². The maximum absolute atomic E-state index is 13.4. The van der Waals surface area contributed by atoms with Crippen LogP contribution in [0.25, 0.3) is 0 Å². The van der Waals surface area contributed by atoms with Gasteiger partial charge in [-0.25, -0.2) is 0 Å². The molecule has 0 saturated heterocycles. The largest absolute Gasteiger partial charge is 0.379 e. The molecule has 1 saturated carbocycles. The Balaban J connectivity index is 1.60. The minimum Gasteiger partial charge on any atom is -0.379 e. The van der Waals surface area contributed by atoms with Gasteiger partial charge in [0.05, 0.1) is 10.6 Å². The van der Waals surface area contributed by atoms with Crippen LogP contribution < -0.4 is 9.50 Å². The van der Waals surface area contributed by atoms with Gasteiger partial charge in [-0.3, -0.25) is 9.59 Å². The Morgan fingerprint density at radius 2 is 1.72 bits per heavy atom. The number of carbonyl (C=O) groups is 2. The molecule has 0 unspecified atom stereocenters. The molecule has 36 heavy (non-hydrogen) atoms. The molecule has 1 aliphatic rings. The third-order valence-corrected chi connectivity index (χ3v) is 7.43. The van der Waals surface area contributed by atoms with E-state index in [1.165, 1.54) is 43.3 Å². The number of hydrogen-bond acceptors (Lipinski definition) is 5. The molecule has 0 bridgehead atoms. The Hall–Kier alpha value is -3.07. The number of carbonyl (C=O) groups excluding carboxylic acids is 2. The molecule has 0 spiro atoms. The molecular weight excluding hydrogens is 523 g/mol. The van der Waals surface area contributed by atoms with Crippen LogP contribution in [-0.4, -0.2) is 31.7 Å². The first-order chi connectivity index (χ1) is 17.1. The van der Waals surface area contributed by atoms with Crippen molar-refractivity contribution in [2.45, 2.75) is 31.2 Å². The fourth-order valence-electron chi connectivity index (χ4n) is 3.67. The number of nitrogens with zero attached hydrogens (tertiary/aromatic N) is 1. The number of benzene rings is 3. The average Bonchev–Trinajstić information content (AvgIpc) is 3.64. The molecule has 3 aromatic rings. The molecule has 1 fully saturated rings. The summed E-state index contributed by atoms with van der Waals surface area (Å²) in [5.74, 6) is -0.0754. The maximum Gasteiger partial charge on any atom is 0.339 e. The quantitative estimate of drug-likeness (QED) is 0.344. The van der Waals surface area contributed by atoms with Crippen molar-refractivity contribution in [1.29, 1.82) is 0 Å². The summed E-state index contributed by atoms with van der Waals surface area (Å²) in [6.07, 6.45) is 2.04. The van der Waals surface area contributed by atoms with E-state index < -0.39 is 10.1 Å². The Labute approximate surface area is 220 Å². The minimum atomic E-state index is -4.20. The third kappa shape index (κ3) is 6.57. The van der Waals surface area contributed by atoms with E-state index in [-0.39, 0.29) is 29.0 Å². The molecule has 0 atom stereocenters. The molecule has 4 rings (SSSR count). The van der Waals surface area contributed by atoms with Gasteiger partial charge in [-0.15, -0.1) is 0 Å². The number of nitrogens with one attached hydrogen (secondary N) is 1. The van der Waals surface area contributed by atoms with Crippen LogP contribution in [0.1, 0.15) is 35.7 Å². The Kier molecular flexibility index (Phi) is 7.88. The van der Waals surface area contributed by atoms with E-state index in [1.54, 1.807) is 35.2 Å². The highest BCUT2D eigenvalue weighted by Gasteiger charge is 2.29. The molecule has 0 aliphatic heterocycles. The van der Waals surface area contributed by atoms with Crippen LogP contribution in [0.15, 0.2) is 71.6 Å². The highest BCUT2D eigenvalue weighted by Crippen LogP contribution is 2.33. The molecule has 3 aromatic carbocycles. The number of halogens is 2. The van der Waals surface area contributed by atoms with Gasteiger partial charge in [-0.05, 0) is 73.4 Å². The summed E-state index contributed by atoms with van der Waals surface area (Å²) in [6.45, 7) is 1.96. The molecule has 2 amide bonds. The van der Waals surface area contributed by atoms with E-state index in [0.717, 1.165) is 12.8 Å². The van der Waals surface area contributed by atoms with Crippen LogP contribution in [0.5, 0.6) is 5.75 Å². The van der Waals surface area contributed by atoms with Crippen molar-refractivity contribution in [1.82, 2.24) is 4.90 Å². The lowest BCUT2D eigenvalue weighted by Crippen LogP contribution is -2.33. The Morgan fingerprint density at radius 1 is 1.03 bits per heavy atom. The topological polar surface area (TPSA) is 92.8 Å². The van der Waals surface area contributed by atoms with Gasteiger partial charge >= 0.3 is 10.1 Å². The number of rotatable bonds is 9. The second kappa shape index (κ2) is 10.9. The van der Waals surface area contributed by atoms with Crippen molar-refractivity contribution in [2.75, 3.05) is 11.9 Å². The highest BCUT2D eigenvalue weighted by atomic mass is 35.5. The predicted octanol–water partition coefficient (Wildman–Crippen LogP) is 5.77. The van der Waals surface area contributed by atoms with E-state index in [1.807, 2.05) is 0 Å². The summed E-state index contributed by atoms with van der Waals surface area (Å²) < 4.78 is 31.5. The first-order valence-corrected chi connectivity index (χ1v) is 13.4. The van der Waals surface area contributed by atoms with Gasteiger partial charge in [-0.2, -0.15) is 8.42 Å². The van der Waals surface area contributed by atoms with Crippen LogP contribution in [0.2, 0.25) is 10.0 Å². The zero-order valence-electron chi connectivity index (χ0n) is 19.4.